The van der Waals surface area contributed by atoms with Gasteiger partial charge in [-0.25, -0.2) is 0 Å². The molecular formula is C5H10N. The van der Waals surface area contributed by atoms with Gasteiger partial charge in [-0.15, -0.1) is 0 Å². The predicted octanol–water partition coefficient (Wildman–Crippen LogP) is 0.585. The average molecular weight is 84.1 g/mol. The van der Waals surface area contributed by atoms with Gasteiger partial charge in [0.2, 0.25) is 0 Å². The Balaban J connectivity index is 2.49. The highest BCUT2D eigenvalue weighted by Gasteiger charge is 1.66. The lowest BCUT2D eigenvalue weighted by atomic mass is 10.6. The Kier molecular flexibility index (Phi) is 4.46. The van der Waals surface area contributed by atoms with E-state index in [0.29, 0.717) is 0 Å². The van der Waals surface area contributed by atoms with E-state index in [0.717, 1.165) is 13.1 Å². The second-order valence-electron chi connectivity index (χ2n) is 1.04. The SMILES string of the molecule is [CH]=CCNCC. The molecule has 1 nitrogen and oxygen atoms in total. The van der Waals surface area contributed by atoms with Gasteiger partial charge in [-0.05, 0) is 6.54 Å². The second-order valence-corrected chi connectivity index (χ2v) is 1.04. The van der Waals surface area contributed by atoms with Crippen LogP contribution in [0.1, 0.15) is 6.92 Å². The van der Waals surface area contributed by atoms with Crippen molar-refractivity contribution in [2.75, 3.05) is 13.1 Å². The minimum absolute atomic E-state index is 0.816. The molecule has 0 amide bonds. The smallest absolute Gasteiger partial charge is 0.0137 e. The lowest BCUT2D eigenvalue weighted by molar-refractivity contribution is 0.800. The van der Waals surface area contributed by atoms with Crippen LogP contribution in [0.5, 0.6) is 0 Å². The summed E-state index contributed by atoms with van der Waals surface area (Å²) < 4.78 is 0. The van der Waals surface area contributed by atoms with E-state index in [1.54, 1.807) is 6.08 Å². The largest absolute Gasteiger partial charge is 0.314 e. The van der Waals surface area contributed by atoms with E-state index in [1.807, 2.05) is 6.92 Å². The molecule has 0 atom stereocenters. The van der Waals surface area contributed by atoms with Crippen LogP contribution >= 0.6 is 0 Å². The van der Waals surface area contributed by atoms with Gasteiger partial charge >= 0.3 is 0 Å². The van der Waals surface area contributed by atoms with Gasteiger partial charge in [0.1, 0.15) is 0 Å². The molecular weight excluding hydrogens is 74.1 g/mol. The summed E-state index contributed by atoms with van der Waals surface area (Å²) in [5, 5.41) is 3.02. The minimum Gasteiger partial charge on any atom is -0.314 e. The fourth-order valence-corrected chi connectivity index (χ4v) is 0.228. The number of nitrogens with one attached hydrogen (secondary N) is 1. The molecule has 0 fully saturated rings. The van der Waals surface area contributed by atoms with Crippen molar-refractivity contribution >= 4 is 0 Å². The first-order valence-corrected chi connectivity index (χ1v) is 2.16. The van der Waals surface area contributed by atoms with Crippen molar-refractivity contribution in [2.45, 2.75) is 6.92 Å². The van der Waals surface area contributed by atoms with Crippen LogP contribution in [0, 0.1) is 6.58 Å². The minimum atomic E-state index is 0.816. The first-order chi connectivity index (χ1) is 2.91. The molecule has 0 bridgehead atoms. The third kappa shape index (κ3) is 3.70. The van der Waals surface area contributed by atoms with Crippen molar-refractivity contribution in [1.29, 1.82) is 0 Å². The molecule has 1 N–H and O–H groups in total. The normalized spacial score (nSPS) is 8.17. The van der Waals surface area contributed by atoms with Crippen molar-refractivity contribution in [1.82, 2.24) is 5.32 Å². The third-order valence-corrected chi connectivity index (χ3v) is 0.512. The van der Waals surface area contributed by atoms with Gasteiger partial charge in [0, 0.05) is 6.54 Å². The van der Waals surface area contributed by atoms with Crippen molar-refractivity contribution in [2.24, 2.45) is 0 Å². The van der Waals surface area contributed by atoms with Gasteiger partial charge in [0.05, 0.1) is 0 Å². The highest BCUT2D eigenvalue weighted by Crippen LogP contribution is 1.54. The maximum absolute atomic E-state index is 5.03. The molecule has 0 heterocycles. The lowest BCUT2D eigenvalue weighted by Crippen LogP contribution is -2.10. The third-order valence-electron chi connectivity index (χ3n) is 0.512. The summed E-state index contributed by atoms with van der Waals surface area (Å²) in [4.78, 5) is 0. The molecule has 0 rings (SSSR count). The van der Waals surface area contributed by atoms with Crippen LogP contribution in [0.3, 0.4) is 0 Å². The Morgan fingerprint density at radius 2 is 2.50 bits per heavy atom. The Morgan fingerprint density at radius 1 is 1.83 bits per heavy atom. The van der Waals surface area contributed by atoms with Crippen LogP contribution in [0.2, 0.25) is 0 Å². The van der Waals surface area contributed by atoms with Crippen LogP contribution in [0.15, 0.2) is 6.08 Å². The standard InChI is InChI=1S/C5H10N/c1-3-5-6-4-2/h1,3,6H,4-5H2,2H3. The van der Waals surface area contributed by atoms with Gasteiger partial charge in [0.25, 0.3) is 0 Å². The number of rotatable bonds is 3. The zero-order valence-electron chi connectivity index (χ0n) is 4.07. The molecule has 6 heavy (non-hydrogen) atoms. The Bertz CT molecular complexity index is 32.9. The van der Waals surface area contributed by atoms with E-state index >= 15 is 0 Å². The summed E-state index contributed by atoms with van der Waals surface area (Å²) >= 11 is 0. The summed E-state index contributed by atoms with van der Waals surface area (Å²) in [6.45, 7) is 8.88. The van der Waals surface area contributed by atoms with E-state index in [-0.39, 0.29) is 0 Å². The average Bonchev–Trinajstić information content (AvgIpc) is 1.61. The summed E-state index contributed by atoms with van der Waals surface area (Å²) in [6.07, 6.45) is 1.60. The molecule has 0 aromatic heterocycles. The highest BCUT2D eigenvalue weighted by atomic mass is 14.8. The number of hydrogen-bond acceptors (Lipinski definition) is 1. The van der Waals surface area contributed by atoms with Crippen LogP contribution in [0.25, 0.3) is 0 Å². The summed E-state index contributed by atoms with van der Waals surface area (Å²) in [6, 6.07) is 0. The summed E-state index contributed by atoms with van der Waals surface area (Å²) in [7, 11) is 0. The topological polar surface area (TPSA) is 12.0 Å². The summed E-state index contributed by atoms with van der Waals surface area (Å²) in [5.74, 6) is 0. The predicted molar refractivity (Wildman–Crippen MR) is 27.4 cm³/mol. The Morgan fingerprint density at radius 3 is 2.67 bits per heavy atom. The molecule has 0 saturated heterocycles. The van der Waals surface area contributed by atoms with Crippen LogP contribution in [-0.4, -0.2) is 13.1 Å². The van der Waals surface area contributed by atoms with E-state index in [1.165, 1.54) is 0 Å². The van der Waals surface area contributed by atoms with Crippen molar-refractivity contribution in [3.05, 3.63) is 12.7 Å². The molecule has 0 aliphatic rings. The van der Waals surface area contributed by atoms with Crippen molar-refractivity contribution < 1.29 is 0 Å². The van der Waals surface area contributed by atoms with Gasteiger partial charge < -0.3 is 5.32 Å². The first kappa shape index (κ1) is 5.70. The van der Waals surface area contributed by atoms with Gasteiger partial charge in [-0.2, -0.15) is 0 Å². The van der Waals surface area contributed by atoms with E-state index in [9.17, 15) is 0 Å². The molecule has 35 valence electrons. The molecule has 0 aromatic carbocycles. The molecule has 1 heteroatoms. The first-order valence-electron chi connectivity index (χ1n) is 2.16. The summed E-state index contributed by atoms with van der Waals surface area (Å²) in [5.41, 5.74) is 0. The molecule has 0 aliphatic heterocycles. The number of hydrogen-bond donors (Lipinski definition) is 1. The molecule has 0 spiro atoms. The van der Waals surface area contributed by atoms with Crippen LogP contribution in [-0.2, 0) is 0 Å². The maximum Gasteiger partial charge on any atom is 0.0137 e. The van der Waals surface area contributed by atoms with E-state index in [2.05, 4.69) is 5.32 Å². The fourth-order valence-electron chi connectivity index (χ4n) is 0.228. The molecule has 1 radical (unpaired) electrons. The van der Waals surface area contributed by atoms with Gasteiger partial charge in [-0.1, -0.05) is 19.6 Å². The Hall–Kier alpha value is -0.300. The maximum atomic E-state index is 5.03. The monoisotopic (exact) mass is 84.1 g/mol. The van der Waals surface area contributed by atoms with Crippen LogP contribution < -0.4 is 5.32 Å². The van der Waals surface area contributed by atoms with E-state index in [4.69, 9.17) is 6.58 Å². The lowest BCUT2D eigenvalue weighted by Gasteiger charge is -1.88. The highest BCUT2D eigenvalue weighted by molar-refractivity contribution is 4.64. The quantitative estimate of drug-likeness (QED) is 0.493. The fraction of sp³-hybridized carbons (Fsp3) is 0.600. The van der Waals surface area contributed by atoms with Crippen molar-refractivity contribution in [3.8, 4) is 0 Å². The van der Waals surface area contributed by atoms with E-state index < -0.39 is 0 Å². The molecule has 0 aromatic rings. The van der Waals surface area contributed by atoms with Crippen molar-refractivity contribution in [3.63, 3.8) is 0 Å². The molecule has 0 unspecified atom stereocenters. The molecule has 0 aliphatic carbocycles. The zero-order chi connectivity index (χ0) is 4.83. The van der Waals surface area contributed by atoms with Gasteiger partial charge in [0.15, 0.2) is 0 Å². The van der Waals surface area contributed by atoms with Gasteiger partial charge in [-0.3, -0.25) is 0 Å². The van der Waals surface area contributed by atoms with Crippen LogP contribution in [0.4, 0.5) is 0 Å². The Labute approximate surface area is 39.1 Å². The number of likely N-dealkylation sites (N-methyl/N-ethyl adjacent to an activating group) is 1. The molecule has 0 saturated carbocycles. The zero-order valence-corrected chi connectivity index (χ0v) is 4.07. The second kappa shape index (κ2) is 4.70.